The number of phenolic OH excluding ortho intramolecular Hbond substituents is 1. The fourth-order valence-corrected chi connectivity index (χ4v) is 0.929. The molecule has 94 valence electrons. The Kier molecular flexibility index (Phi) is 7.87. The van der Waals surface area contributed by atoms with Gasteiger partial charge >= 0.3 is 41.9 Å². The predicted octanol–water partition coefficient (Wildman–Crippen LogP) is 4.02. The van der Waals surface area contributed by atoms with E-state index in [2.05, 4.69) is 4.99 Å². The van der Waals surface area contributed by atoms with E-state index < -0.39 is 23.3 Å². The zero-order valence-corrected chi connectivity index (χ0v) is 11.7. The van der Waals surface area contributed by atoms with E-state index in [0.717, 1.165) is 0 Å². The molecule has 0 fully saturated rings. The molecule has 1 N–H and O–H groups in total. The number of alkyl halides is 3. The van der Waals surface area contributed by atoms with Crippen molar-refractivity contribution in [1.29, 1.82) is 0 Å². The molecule has 0 unspecified atom stereocenters. The first-order chi connectivity index (χ1) is 7.81. The van der Waals surface area contributed by atoms with Crippen LogP contribution < -0.4 is 0 Å². The minimum absolute atomic E-state index is 0.0577. The average molecular weight is 322 g/mol. The van der Waals surface area contributed by atoms with Gasteiger partial charge in [0.05, 0.1) is 0 Å². The molecule has 0 aliphatic carbocycles. The van der Waals surface area contributed by atoms with Gasteiger partial charge in [0.15, 0.2) is 0 Å². The first-order valence-corrected chi connectivity index (χ1v) is 8.48. The molecular weight excluding hydrogens is 314 g/mol. The minimum atomic E-state index is -4.60. The van der Waals surface area contributed by atoms with Crippen LogP contribution in [0.3, 0.4) is 0 Å². The number of hydrogen-bond donors (Lipinski definition) is 1. The zero-order chi connectivity index (χ0) is 13.5. The van der Waals surface area contributed by atoms with Crippen LogP contribution in [0.2, 0.25) is 0 Å². The van der Waals surface area contributed by atoms with Gasteiger partial charge < -0.3 is 5.11 Å². The van der Waals surface area contributed by atoms with Gasteiger partial charge in [0.2, 0.25) is 0 Å². The van der Waals surface area contributed by atoms with Crippen LogP contribution in [-0.2, 0) is 17.0 Å². The van der Waals surface area contributed by atoms with Gasteiger partial charge in [0.25, 0.3) is 0 Å². The third kappa shape index (κ3) is 7.65. The molecule has 17 heavy (non-hydrogen) atoms. The van der Waals surface area contributed by atoms with Gasteiger partial charge in [-0.3, -0.25) is 0 Å². The summed E-state index contributed by atoms with van der Waals surface area (Å²) < 4.78 is 35.1. The van der Waals surface area contributed by atoms with Crippen molar-refractivity contribution in [2.75, 3.05) is 0 Å². The first kappa shape index (κ1) is 16.8. The third-order valence-electron chi connectivity index (χ3n) is 1.62. The Bertz CT molecular complexity index is 385. The van der Waals surface area contributed by atoms with Crippen molar-refractivity contribution in [3.63, 3.8) is 0 Å². The number of halogens is 5. The van der Waals surface area contributed by atoms with E-state index in [-0.39, 0.29) is 11.3 Å². The second kappa shape index (κ2) is 7.98. The number of nitrogens with zero attached hydrogens (tertiary/aromatic N) is 1. The molecule has 0 atom stereocenters. The maximum absolute atomic E-state index is 11.7. The molecule has 0 heterocycles. The number of aliphatic imine (C=N–C) groups is 1. The van der Waals surface area contributed by atoms with E-state index in [0.29, 0.717) is 11.8 Å². The Hall–Kier alpha value is -0.226. The van der Waals surface area contributed by atoms with Gasteiger partial charge in [-0.15, -0.1) is 13.2 Å². The molecule has 8 heteroatoms. The standard InChI is InChI=1S/C9H8F3NO.2ClH.Ti/c1-6-3-2-4-7(8(6)14)5-13-9(10,11)12;;;/h2-5,14H,1H3;2*1H;/q;;;+2/p-2/b13-5+;;;. The van der Waals surface area contributed by atoms with Gasteiger partial charge in [-0.2, -0.15) is 4.99 Å². The molecule has 0 saturated carbocycles. The summed E-state index contributed by atoms with van der Waals surface area (Å²) in [5.41, 5.74) is 0.568. The molecule has 2 nitrogen and oxygen atoms in total. The van der Waals surface area contributed by atoms with Crippen LogP contribution in [0.15, 0.2) is 23.2 Å². The molecule has 0 amide bonds. The second-order valence-electron chi connectivity index (χ2n) is 2.81. The predicted molar refractivity (Wildman–Crippen MR) is 58.2 cm³/mol. The van der Waals surface area contributed by atoms with Crippen molar-refractivity contribution >= 4 is 24.8 Å². The van der Waals surface area contributed by atoms with Gasteiger partial charge in [0, 0.05) is 11.8 Å². The van der Waals surface area contributed by atoms with Crippen molar-refractivity contribution in [2.24, 2.45) is 4.99 Å². The first-order valence-electron chi connectivity index (χ1n) is 4.18. The molecule has 0 aliphatic rings. The van der Waals surface area contributed by atoms with Crippen molar-refractivity contribution in [1.82, 2.24) is 0 Å². The number of para-hydroxylation sites is 1. The zero-order valence-electron chi connectivity index (χ0n) is 8.59. The van der Waals surface area contributed by atoms with E-state index in [1.54, 1.807) is 19.1 Å². The summed E-state index contributed by atoms with van der Waals surface area (Å²) in [6.07, 6.45) is -4.00. The molecule has 0 bridgehead atoms. The molecule has 1 aromatic rings. The maximum atomic E-state index is 11.7. The molecule has 0 radical (unpaired) electrons. The van der Waals surface area contributed by atoms with E-state index >= 15 is 0 Å². The SMILES string of the molecule is Cc1cccc(/C=N/C(F)(F)F)c1O.[Cl][Ti][Cl]. The number of benzene rings is 1. The molecule has 0 spiro atoms. The van der Waals surface area contributed by atoms with Crippen LogP contribution in [0.1, 0.15) is 11.1 Å². The van der Waals surface area contributed by atoms with Crippen LogP contribution in [-0.4, -0.2) is 17.6 Å². The van der Waals surface area contributed by atoms with Crippen molar-refractivity contribution in [2.45, 2.75) is 13.2 Å². The van der Waals surface area contributed by atoms with Crippen LogP contribution in [0, 0.1) is 6.92 Å². The number of phenols is 1. The third-order valence-corrected chi connectivity index (χ3v) is 1.62. The van der Waals surface area contributed by atoms with Crippen molar-refractivity contribution < 1.29 is 35.3 Å². The number of aryl methyl sites for hydroxylation is 1. The Morgan fingerprint density at radius 3 is 2.35 bits per heavy atom. The monoisotopic (exact) mass is 321 g/mol. The van der Waals surface area contributed by atoms with Crippen molar-refractivity contribution in [3.8, 4) is 5.75 Å². The second-order valence-corrected chi connectivity index (χ2v) is 5.39. The average Bonchev–Trinajstić information content (AvgIpc) is 2.20. The topological polar surface area (TPSA) is 32.6 Å². The number of rotatable bonds is 1. The normalized spacial score (nSPS) is 10.9. The van der Waals surface area contributed by atoms with Crippen LogP contribution >= 0.6 is 18.6 Å². The summed E-state index contributed by atoms with van der Waals surface area (Å²) in [4.78, 5) is 2.34. The quantitative estimate of drug-likeness (QED) is 0.473. The summed E-state index contributed by atoms with van der Waals surface area (Å²) in [6.45, 7) is 1.60. The number of aromatic hydroxyl groups is 1. The summed E-state index contributed by atoms with van der Waals surface area (Å²) in [6, 6.07) is 4.50. The van der Waals surface area contributed by atoms with Crippen LogP contribution in [0.5, 0.6) is 5.75 Å². The molecule has 0 saturated heterocycles. The van der Waals surface area contributed by atoms with E-state index in [1.807, 2.05) is 0 Å². The molecule has 0 aromatic heterocycles. The Morgan fingerprint density at radius 1 is 1.35 bits per heavy atom. The van der Waals surface area contributed by atoms with E-state index in [9.17, 15) is 18.3 Å². The number of hydrogen-bond acceptors (Lipinski definition) is 2. The van der Waals surface area contributed by atoms with E-state index in [1.165, 1.54) is 6.07 Å². The fourth-order valence-electron chi connectivity index (χ4n) is 0.929. The van der Waals surface area contributed by atoms with Gasteiger partial charge in [0.1, 0.15) is 5.75 Å². The summed E-state index contributed by atoms with van der Waals surface area (Å²) >= 11 is -0.556. The summed E-state index contributed by atoms with van der Waals surface area (Å²) in [7, 11) is 9.78. The van der Waals surface area contributed by atoms with Gasteiger partial charge in [-0.05, 0) is 18.6 Å². The van der Waals surface area contributed by atoms with Gasteiger partial charge in [-0.25, -0.2) is 0 Å². The summed E-state index contributed by atoms with van der Waals surface area (Å²) in [5, 5.41) is 9.34. The molecule has 1 rings (SSSR count). The van der Waals surface area contributed by atoms with Crippen molar-refractivity contribution in [3.05, 3.63) is 29.3 Å². The molecular formula is C9H8Cl2F3NOTi. The molecule has 0 aliphatic heterocycles. The van der Waals surface area contributed by atoms with E-state index in [4.69, 9.17) is 18.6 Å². The van der Waals surface area contributed by atoms with Crippen LogP contribution in [0.4, 0.5) is 13.2 Å². The summed E-state index contributed by atoms with van der Waals surface area (Å²) in [5.74, 6) is -0.180. The Balaban J connectivity index is 0.000000770. The molecule has 1 aromatic carbocycles. The van der Waals surface area contributed by atoms with Crippen LogP contribution in [0.25, 0.3) is 0 Å². The fraction of sp³-hybridized carbons (Fsp3) is 0.222. The Labute approximate surface area is 113 Å². The Morgan fingerprint density at radius 2 is 1.88 bits per heavy atom. The van der Waals surface area contributed by atoms with Gasteiger partial charge in [-0.1, -0.05) is 12.1 Å².